The van der Waals surface area contributed by atoms with Gasteiger partial charge in [-0.2, -0.15) is 0 Å². The molecule has 2 rings (SSSR count). The molecule has 0 aromatic heterocycles. The Labute approximate surface area is 112 Å². The molecule has 102 valence electrons. The quantitative estimate of drug-likeness (QED) is 0.603. The number of phenolic OH excluding ortho intramolecular Hbond substituents is 2. The van der Waals surface area contributed by atoms with Crippen LogP contribution in [-0.2, 0) is 0 Å². The molecule has 1 saturated heterocycles. The highest BCUT2D eigenvalue weighted by Crippen LogP contribution is 2.34. The van der Waals surface area contributed by atoms with E-state index in [0.717, 1.165) is 26.2 Å². The zero-order chi connectivity index (χ0) is 12.3. The Hall–Kier alpha value is -1.01. The summed E-state index contributed by atoms with van der Waals surface area (Å²) in [6.45, 7) is 3.31. The summed E-state index contributed by atoms with van der Waals surface area (Å²) in [5.74, 6) is -0.277. The molecule has 0 aliphatic carbocycles. The van der Waals surface area contributed by atoms with E-state index in [1.807, 2.05) is 0 Å². The van der Waals surface area contributed by atoms with Gasteiger partial charge in [0.05, 0.1) is 12.6 Å². The number of halogens is 1. The lowest BCUT2D eigenvalue weighted by atomic mass is 10.0. The predicted molar refractivity (Wildman–Crippen MR) is 71.3 cm³/mol. The molecular weight excluding hydrogens is 256 g/mol. The van der Waals surface area contributed by atoms with Crippen molar-refractivity contribution >= 4 is 12.4 Å². The number of para-hydroxylation sites is 1. The molecule has 1 heterocycles. The largest absolute Gasteiger partial charge is 0.504 e. The molecule has 0 saturated carbocycles. The summed E-state index contributed by atoms with van der Waals surface area (Å²) in [5.41, 5.74) is 0.578. The van der Waals surface area contributed by atoms with Gasteiger partial charge in [0.2, 0.25) is 0 Å². The first-order valence-electron chi connectivity index (χ1n) is 5.80. The van der Waals surface area contributed by atoms with Crippen LogP contribution in [0.4, 0.5) is 0 Å². The second-order valence-corrected chi connectivity index (χ2v) is 4.20. The second-order valence-electron chi connectivity index (χ2n) is 4.20. The van der Waals surface area contributed by atoms with Crippen molar-refractivity contribution in [3.63, 3.8) is 0 Å². The van der Waals surface area contributed by atoms with Crippen molar-refractivity contribution in [3.8, 4) is 11.5 Å². The standard InChI is InChI=1S/C12H18N2O3.ClH/c15-8-10(14-6-4-13-5-7-14)9-2-1-3-11(16)12(9)17;/h1-3,10,13,15-17H,4-8H2;1H/t10-;/m1./s1. The highest BCUT2D eigenvalue weighted by atomic mass is 35.5. The Morgan fingerprint density at radius 2 is 1.89 bits per heavy atom. The van der Waals surface area contributed by atoms with Gasteiger partial charge < -0.3 is 20.6 Å². The van der Waals surface area contributed by atoms with Crippen LogP contribution < -0.4 is 5.32 Å². The molecule has 0 radical (unpaired) electrons. The zero-order valence-electron chi connectivity index (χ0n) is 10.0. The third kappa shape index (κ3) is 3.05. The van der Waals surface area contributed by atoms with Crippen LogP contribution in [0.2, 0.25) is 0 Å². The van der Waals surface area contributed by atoms with Crippen molar-refractivity contribution in [2.24, 2.45) is 0 Å². The SMILES string of the molecule is Cl.OC[C@H](c1cccc(O)c1O)N1CCNCC1. The lowest BCUT2D eigenvalue weighted by Gasteiger charge is -2.34. The number of rotatable bonds is 3. The van der Waals surface area contributed by atoms with Gasteiger partial charge in [0.15, 0.2) is 11.5 Å². The Kier molecular flexibility index (Phi) is 5.68. The molecule has 5 nitrogen and oxygen atoms in total. The van der Waals surface area contributed by atoms with Crippen molar-refractivity contribution in [3.05, 3.63) is 23.8 Å². The first kappa shape index (κ1) is 15.0. The fourth-order valence-electron chi connectivity index (χ4n) is 2.22. The van der Waals surface area contributed by atoms with Crippen LogP contribution in [-0.4, -0.2) is 53.0 Å². The number of aromatic hydroxyl groups is 2. The smallest absolute Gasteiger partial charge is 0.162 e. The number of phenols is 2. The van der Waals surface area contributed by atoms with Gasteiger partial charge in [0.1, 0.15) is 0 Å². The number of aliphatic hydroxyl groups excluding tert-OH is 1. The average Bonchev–Trinajstić information content (AvgIpc) is 2.37. The number of hydrogen-bond donors (Lipinski definition) is 4. The van der Waals surface area contributed by atoms with Gasteiger partial charge in [0, 0.05) is 31.7 Å². The van der Waals surface area contributed by atoms with Crippen LogP contribution >= 0.6 is 12.4 Å². The van der Waals surface area contributed by atoms with E-state index in [0.29, 0.717) is 5.56 Å². The Balaban J connectivity index is 0.00000162. The average molecular weight is 275 g/mol. The van der Waals surface area contributed by atoms with E-state index < -0.39 is 0 Å². The fraction of sp³-hybridized carbons (Fsp3) is 0.500. The zero-order valence-corrected chi connectivity index (χ0v) is 10.9. The van der Waals surface area contributed by atoms with E-state index in [4.69, 9.17) is 0 Å². The summed E-state index contributed by atoms with van der Waals surface area (Å²) in [5, 5.41) is 32.0. The molecule has 0 unspecified atom stereocenters. The van der Waals surface area contributed by atoms with Gasteiger partial charge in [0.25, 0.3) is 0 Å². The molecule has 1 aromatic carbocycles. The number of nitrogens with one attached hydrogen (secondary N) is 1. The van der Waals surface area contributed by atoms with E-state index >= 15 is 0 Å². The Morgan fingerprint density at radius 3 is 2.50 bits per heavy atom. The highest BCUT2D eigenvalue weighted by Gasteiger charge is 2.24. The van der Waals surface area contributed by atoms with Crippen molar-refractivity contribution in [2.75, 3.05) is 32.8 Å². The fourth-order valence-corrected chi connectivity index (χ4v) is 2.22. The Bertz CT molecular complexity index is 384. The number of nitrogens with zero attached hydrogens (tertiary/aromatic N) is 1. The van der Waals surface area contributed by atoms with Crippen LogP contribution in [0, 0.1) is 0 Å². The number of benzene rings is 1. The molecule has 0 spiro atoms. The Morgan fingerprint density at radius 1 is 1.22 bits per heavy atom. The van der Waals surface area contributed by atoms with Crippen LogP contribution in [0.3, 0.4) is 0 Å². The van der Waals surface area contributed by atoms with E-state index in [1.54, 1.807) is 12.1 Å². The minimum atomic E-state index is -0.260. The normalized spacial score (nSPS) is 18.1. The van der Waals surface area contributed by atoms with Gasteiger partial charge in [-0.1, -0.05) is 12.1 Å². The van der Waals surface area contributed by atoms with E-state index in [1.165, 1.54) is 6.07 Å². The monoisotopic (exact) mass is 274 g/mol. The minimum Gasteiger partial charge on any atom is -0.504 e. The maximum Gasteiger partial charge on any atom is 0.162 e. The number of piperazine rings is 1. The van der Waals surface area contributed by atoms with E-state index in [2.05, 4.69) is 10.2 Å². The molecule has 1 atom stereocenters. The molecule has 4 N–H and O–H groups in total. The maximum absolute atomic E-state index is 9.83. The van der Waals surface area contributed by atoms with Gasteiger partial charge in [-0.3, -0.25) is 4.90 Å². The lowest BCUT2D eigenvalue weighted by Crippen LogP contribution is -2.46. The summed E-state index contributed by atoms with van der Waals surface area (Å²) in [6.07, 6.45) is 0. The summed E-state index contributed by atoms with van der Waals surface area (Å²) in [7, 11) is 0. The van der Waals surface area contributed by atoms with Gasteiger partial charge in [-0.25, -0.2) is 0 Å². The molecule has 1 aliphatic rings. The lowest BCUT2D eigenvalue weighted by molar-refractivity contribution is 0.108. The molecule has 1 fully saturated rings. The summed E-state index contributed by atoms with van der Waals surface area (Å²) in [6, 6.07) is 4.59. The van der Waals surface area contributed by atoms with Crippen molar-refractivity contribution in [2.45, 2.75) is 6.04 Å². The van der Waals surface area contributed by atoms with Crippen LogP contribution in [0.1, 0.15) is 11.6 Å². The van der Waals surface area contributed by atoms with Gasteiger partial charge in [-0.15, -0.1) is 12.4 Å². The summed E-state index contributed by atoms with van der Waals surface area (Å²) in [4.78, 5) is 2.10. The second kappa shape index (κ2) is 6.80. The molecule has 6 heteroatoms. The third-order valence-electron chi connectivity index (χ3n) is 3.17. The molecular formula is C12H19ClN2O3. The van der Waals surface area contributed by atoms with E-state index in [9.17, 15) is 15.3 Å². The molecule has 18 heavy (non-hydrogen) atoms. The topological polar surface area (TPSA) is 76.0 Å². The van der Waals surface area contributed by atoms with Gasteiger partial charge in [-0.05, 0) is 6.07 Å². The summed E-state index contributed by atoms with van der Waals surface area (Å²) < 4.78 is 0. The first-order chi connectivity index (χ1) is 8.24. The minimum absolute atomic E-state index is 0. The highest BCUT2D eigenvalue weighted by molar-refractivity contribution is 5.85. The molecule has 1 aromatic rings. The van der Waals surface area contributed by atoms with Crippen molar-refractivity contribution in [1.82, 2.24) is 10.2 Å². The van der Waals surface area contributed by atoms with Gasteiger partial charge >= 0.3 is 0 Å². The van der Waals surface area contributed by atoms with Crippen LogP contribution in [0.25, 0.3) is 0 Å². The molecule has 0 amide bonds. The molecule has 0 bridgehead atoms. The number of hydrogen-bond acceptors (Lipinski definition) is 5. The predicted octanol–water partition coefficient (Wildman–Crippen LogP) is 0.458. The summed E-state index contributed by atoms with van der Waals surface area (Å²) >= 11 is 0. The third-order valence-corrected chi connectivity index (χ3v) is 3.17. The van der Waals surface area contributed by atoms with E-state index in [-0.39, 0.29) is 36.6 Å². The first-order valence-corrected chi connectivity index (χ1v) is 5.80. The van der Waals surface area contributed by atoms with Crippen LogP contribution in [0.5, 0.6) is 11.5 Å². The van der Waals surface area contributed by atoms with Crippen LogP contribution in [0.15, 0.2) is 18.2 Å². The number of aliphatic hydroxyl groups is 1. The van der Waals surface area contributed by atoms with Crippen molar-refractivity contribution < 1.29 is 15.3 Å². The van der Waals surface area contributed by atoms with Crippen molar-refractivity contribution in [1.29, 1.82) is 0 Å². The molecule has 1 aliphatic heterocycles. The maximum atomic E-state index is 9.83.